The third-order valence-corrected chi connectivity index (χ3v) is 5.41. The van der Waals surface area contributed by atoms with Crippen molar-refractivity contribution < 1.29 is 4.74 Å². The fourth-order valence-electron chi connectivity index (χ4n) is 3.57. The lowest BCUT2D eigenvalue weighted by Gasteiger charge is -2.44. The second-order valence-corrected chi connectivity index (χ2v) is 6.82. The molecule has 2 nitrogen and oxygen atoms in total. The van der Waals surface area contributed by atoms with E-state index in [0.717, 1.165) is 13.2 Å². The quantitative estimate of drug-likeness (QED) is 0.767. The average Bonchev–Trinajstić information content (AvgIpc) is 2.98. The molecule has 1 aromatic heterocycles. The summed E-state index contributed by atoms with van der Waals surface area (Å²) in [5, 5.41) is 5.90. The number of likely N-dealkylation sites (N-methyl/N-ethyl adjacent to an activating group) is 1. The van der Waals surface area contributed by atoms with Gasteiger partial charge in [-0.1, -0.05) is 32.3 Å². The van der Waals surface area contributed by atoms with Crippen molar-refractivity contribution in [2.24, 2.45) is 0 Å². The van der Waals surface area contributed by atoms with Crippen LogP contribution in [0.15, 0.2) is 17.5 Å². The lowest BCUT2D eigenvalue weighted by Crippen LogP contribution is -2.54. The molecule has 1 unspecified atom stereocenters. The number of ether oxygens (including phenoxy) is 1. The van der Waals surface area contributed by atoms with Crippen molar-refractivity contribution >= 4 is 11.3 Å². The highest BCUT2D eigenvalue weighted by molar-refractivity contribution is 7.09. The third-order valence-electron chi connectivity index (χ3n) is 4.48. The van der Waals surface area contributed by atoms with Crippen molar-refractivity contribution in [3.05, 3.63) is 22.4 Å². The normalized spacial score (nSPS) is 19.9. The minimum absolute atomic E-state index is 0.0836. The monoisotopic (exact) mass is 295 g/mol. The molecule has 1 aliphatic carbocycles. The first-order valence-electron chi connectivity index (χ1n) is 8.20. The van der Waals surface area contributed by atoms with Gasteiger partial charge >= 0.3 is 0 Å². The molecule has 3 heteroatoms. The summed E-state index contributed by atoms with van der Waals surface area (Å²) in [6.07, 6.45) is 8.82. The molecule has 0 aliphatic heterocycles. The molecule has 1 saturated carbocycles. The molecule has 114 valence electrons. The molecule has 1 fully saturated rings. The van der Waals surface area contributed by atoms with Gasteiger partial charge in [-0.3, -0.25) is 0 Å². The fraction of sp³-hybridized carbons (Fsp3) is 0.765. The largest absolute Gasteiger partial charge is 0.374 e. The molecule has 0 amide bonds. The molecule has 2 rings (SSSR count). The Balaban J connectivity index is 2.02. The van der Waals surface area contributed by atoms with Gasteiger partial charge in [0.1, 0.15) is 0 Å². The lowest BCUT2D eigenvalue weighted by molar-refractivity contribution is -0.0910. The van der Waals surface area contributed by atoms with Crippen LogP contribution in [0.3, 0.4) is 0 Å². The van der Waals surface area contributed by atoms with Crippen molar-refractivity contribution in [3.63, 3.8) is 0 Å². The van der Waals surface area contributed by atoms with E-state index in [1.165, 1.54) is 49.8 Å². The van der Waals surface area contributed by atoms with Gasteiger partial charge in [-0.2, -0.15) is 0 Å². The van der Waals surface area contributed by atoms with Crippen LogP contribution in [0.5, 0.6) is 0 Å². The summed E-state index contributed by atoms with van der Waals surface area (Å²) in [5.41, 5.74) is 0.0836. The molecule has 1 heterocycles. The van der Waals surface area contributed by atoms with E-state index < -0.39 is 0 Å². The summed E-state index contributed by atoms with van der Waals surface area (Å²) in [6.45, 7) is 6.21. The minimum Gasteiger partial charge on any atom is -0.374 e. The van der Waals surface area contributed by atoms with Crippen molar-refractivity contribution in [1.82, 2.24) is 5.32 Å². The Labute approximate surface area is 127 Å². The number of thiophene rings is 1. The average molecular weight is 295 g/mol. The van der Waals surface area contributed by atoms with Crippen LogP contribution >= 0.6 is 11.3 Å². The number of aryl methyl sites for hydroxylation is 1. The molecular weight excluding hydrogens is 266 g/mol. The van der Waals surface area contributed by atoms with Crippen molar-refractivity contribution in [2.45, 2.75) is 70.4 Å². The van der Waals surface area contributed by atoms with E-state index in [1.807, 2.05) is 11.3 Å². The Hall–Kier alpha value is -0.380. The first kappa shape index (κ1) is 16.0. The highest BCUT2D eigenvalue weighted by atomic mass is 32.1. The van der Waals surface area contributed by atoms with E-state index in [4.69, 9.17) is 4.74 Å². The molecule has 0 saturated heterocycles. The molecule has 1 atom stereocenters. The Bertz CT molecular complexity index is 352. The predicted octanol–water partition coefficient (Wildman–Crippen LogP) is 4.40. The van der Waals surface area contributed by atoms with Crippen molar-refractivity contribution in [2.75, 3.05) is 13.2 Å². The zero-order valence-corrected chi connectivity index (χ0v) is 13.8. The molecule has 20 heavy (non-hydrogen) atoms. The zero-order chi connectivity index (χ0) is 14.3. The second-order valence-electron chi connectivity index (χ2n) is 5.79. The summed E-state index contributed by atoms with van der Waals surface area (Å²) in [4.78, 5) is 1.50. The maximum Gasteiger partial charge on any atom is 0.0834 e. The molecule has 0 bridgehead atoms. The van der Waals surface area contributed by atoms with E-state index in [9.17, 15) is 0 Å². The standard InChI is InChI=1S/C17H29NOS/c1-3-18-16(11-10-15-9-8-14-20-15)17(19-4-2)12-6-5-7-13-17/h8-9,14,16,18H,3-7,10-13H2,1-2H3. The van der Waals surface area contributed by atoms with Crippen LogP contribution in [-0.2, 0) is 11.2 Å². The summed E-state index contributed by atoms with van der Waals surface area (Å²) >= 11 is 1.87. The molecule has 1 aromatic rings. The van der Waals surface area contributed by atoms with Crippen molar-refractivity contribution in [1.29, 1.82) is 0 Å². The first-order chi connectivity index (χ1) is 9.80. The van der Waals surface area contributed by atoms with Crippen LogP contribution in [0.25, 0.3) is 0 Å². The SMILES string of the molecule is CCNC(CCc1cccs1)C1(OCC)CCCCC1. The topological polar surface area (TPSA) is 21.3 Å². The van der Waals surface area contributed by atoms with E-state index in [-0.39, 0.29) is 5.60 Å². The van der Waals surface area contributed by atoms with Gasteiger partial charge < -0.3 is 10.1 Å². The first-order valence-corrected chi connectivity index (χ1v) is 9.08. The highest BCUT2D eigenvalue weighted by Crippen LogP contribution is 2.36. The number of hydrogen-bond acceptors (Lipinski definition) is 3. The third kappa shape index (κ3) is 4.06. The summed E-state index contributed by atoms with van der Waals surface area (Å²) in [7, 11) is 0. The van der Waals surface area contributed by atoms with Crippen LogP contribution in [0, 0.1) is 0 Å². The summed E-state index contributed by atoms with van der Waals surface area (Å²) < 4.78 is 6.30. The van der Waals surface area contributed by atoms with Gasteiger partial charge in [0.2, 0.25) is 0 Å². The van der Waals surface area contributed by atoms with Gasteiger partial charge in [-0.05, 0) is 50.6 Å². The number of hydrogen-bond donors (Lipinski definition) is 1. The summed E-state index contributed by atoms with van der Waals surface area (Å²) in [6, 6.07) is 4.90. The van der Waals surface area contributed by atoms with Crippen LogP contribution in [0.1, 0.15) is 57.2 Å². The molecule has 0 radical (unpaired) electrons. The van der Waals surface area contributed by atoms with E-state index in [0.29, 0.717) is 6.04 Å². The Morgan fingerprint density at radius 3 is 2.70 bits per heavy atom. The predicted molar refractivity (Wildman–Crippen MR) is 87.5 cm³/mol. The van der Waals surface area contributed by atoms with Gasteiger partial charge in [0, 0.05) is 17.5 Å². The van der Waals surface area contributed by atoms with Crippen LogP contribution in [-0.4, -0.2) is 24.8 Å². The molecular formula is C17H29NOS. The van der Waals surface area contributed by atoms with Crippen molar-refractivity contribution in [3.8, 4) is 0 Å². The minimum atomic E-state index is 0.0836. The summed E-state index contributed by atoms with van der Waals surface area (Å²) in [5.74, 6) is 0. The molecule has 1 N–H and O–H groups in total. The van der Waals surface area contributed by atoms with Gasteiger partial charge in [-0.25, -0.2) is 0 Å². The van der Waals surface area contributed by atoms with E-state index in [2.05, 4.69) is 36.7 Å². The highest BCUT2D eigenvalue weighted by Gasteiger charge is 2.39. The van der Waals surface area contributed by atoms with Crippen LogP contribution in [0.4, 0.5) is 0 Å². The van der Waals surface area contributed by atoms with Gasteiger partial charge in [0.15, 0.2) is 0 Å². The van der Waals surface area contributed by atoms with Crippen LogP contribution < -0.4 is 5.32 Å². The maximum absolute atomic E-state index is 6.30. The maximum atomic E-state index is 6.30. The number of rotatable bonds is 8. The second kappa shape index (κ2) is 8.16. The van der Waals surface area contributed by atoms with Gasteiger partial charge in [0.25, 0.3) is 0 Å². The van der Waals surface area contributed by atoms with Gasteiger partial charge in [0.05, 0.1) is 5.60 Å². The van der Waals surface area contributed by atoms with E-state index in [1.54, 1.807) is 0 Å². The Kier molecular flexibility index (Phi) is 6.53. The molecule has 0 aromatic carbocycles. The van der Waals surface area contributed by atoms with E-state index >= 15 is 0 Å². The Morgan fingerprint density at radius 1 is 1.30 bits per heavy atom. The van der Waals surface area contributed by atoms with Crippen LogP contribution in [0.2, 0.25) is 0 Å². The number of nitrogens with one attached hydrogen (secondary N) is 1. The zero-order valence-electron chi connectivity index (χ0n) is 13.0. The Morgan fingerprint density at radius 2 is 2.10 bits per heavy atom. The molecule has 1 aliphatic rings. The molecule has 0 spiro atoms. The lowest BCUT2D eigenvalue weighted by atomic mass is 9.77. The fourth-order valence-corrected chi connectivity index (χ4v) is 4.29. The van der Waals surface area contributed by atoms with Gasteiger partial charge in [-0.15, -0.1) is 11.3 Å². The smallest absolute Gasteiger partial charge is 0.0834 e.